The summed E-state index contributed by atoms with van der Waals surface area (Å²) >= 11 is 0. The molecule has 5 heteroatoms. The zero-order valence-electron chi connectivity index (χ0n) is 14.6. The van der Waals surface area contributed by atoms with E-state index in [9.17, 15) is 9.59 Å². The summed E-state index contributed by atoms with van der Waals surface area (Å²) in [6.45, 7) is 6.36. The van der Waals surface area contributed by atoms with Gasteiger partial charge in [0.1, 0.15) is 29.8 Å². The molecular weight excluding hydrogens is 320 g/mol. The van der Waals surface area contributed by atoms with Crippen molar-refractivity contribution in [3.8, 4) is 11.5 Å². The Labute approximate surface area is 145 Å². The molecule has 1 atom stereocenters. The van der Waals surface area contributed by atoms with Crippen LogP contribution in [0.3, 0.4) is 0 Å². The van der Waals surface area contributed by atoms with Gasteiger partial charge in [0.05, 0.1) is 10.9 Å². The minimum atomic E-state index is -0.452. The number of Topliss-reactive ketones (excluding diaryl/α,β-unsaturated/α-hetero) is 1. The third kappa shape index (κ3) is 2.46. The van der Waals surface area contributed by atoms with Gasteiger partial charge in [-0.3, -0.25) is 4.79 Å². The fourth-order valence-corrected chi connectivity index (χ4v) is 3.65. The lowest BCUT2D eigenvalue weighted by atomic mass is 9.91. The molecule has 0 spiro atoms. The molecule has 1 aromatic carbocycles. The van der Waals surface area contributed by atoms with E-state index in [1.807, 2.05) is 26.8 Å². The van der Waals surface area contributed by atoms with Gasteiger partial charge >= 0.3 is 5.63 Å². The maximum absolute atomic E-state index is 12.8. The van der Waals surface area contributed by atoms with E-state index < -0.39 is 5.63 Å². The summed E-state index contributed by atoms with van der Waals surface area (Å²) in [4.78, 5) is 24.8. The van der Waals surface area contributed by atoms with Crippen molar-refractivity contribution in [3.63, 3.8) is 0 Å². The van der Waals surface area contributed by atoms with Crippen LogP contribution in [0.5, 0.6) is 11.5 Å². The average Bonchev–Trinajstić information content (AvgIpc) is 2.54. The van der Waals surface area contributed by atoms with E-state index >= 15 is 0 Å². The molecule has 0 fully saturated rings. The van der Waals surface area contributed by atoms with E-state index in [-0.39, 0.29) is 18.3 Å². The van der Waals surface area contributed by atoms with Crippen LogP contribution in [-0.4, -0.2) is 18.5 Å². The maximum Gasteiger partial charge on any atom is 0.336 e. The number of carbonyl (C=O) groups is 1. The van der Waals surface area contributed by atoms with Gasteiger partial charge < -0.3 is 13.9 Å². The summed E-state index contributed by atoms with van der Waals surface area (Å²) in [7, 11) is 0. The normalized spacial score (nSPS) is 18.9. The Morgan fingerprint density at radius 1 is 1.24 bits per heavy atom. The first-order valence-corrected chi connectivity index (χ1v) is 8.66. The van der Waals surface area contributed by atoms with E-state index in [2.05, 4.69) is 0 Å². The largest absolute Gasteiger partial charge is 0.489 e. The monoisotopic (exact) mass is 340 g/mol. The molecule has 5 nitrogen and oxygen atoms in total. The minimum absolute atomic E-state index is 0.0602. The Morgan fingerprint density at radius 3 is 2.80 bits per heavy atom. The van der Waals surface area contributed by atoms with Gasteiger partial charge in [0.15, 0.2) is 11.4 Å². The molecule has 25 heavy (non-hydrogen) atoms. The third-order valence-corrected chi connectivity index (χ3v) is 4.64. The predicted octanol–water partition coefficient (Wildman–Crippen LogP) is 3.89. The van der Waals surface area contributed by atoms with Crippen LogP contribution in [0.25, 0.3) is 17.0 Å². The highest BCUT2D eigenvalue weighted by molar-refractivity contribution is 6.13. The van der Waals surface area contributed by atoms with Crippen molar-refractivity contribution < 1.29 is 18.7 Å². The molecular formula is C20H20O5. The summed E-state index contributed by atoms with van der Waals surface area (Å²) in [6.07, 6.45) is 3.64. The topological polar surface area (TPSA) is 65.7 Å². The summed E-state index contributed by atoms with van der Waals surface area (Å²) in [5.74, 6) is 1.06. The molecule has 4 rings (SSSR count). The fourth-order valence-electron chi connectivity index (χ4n) is 3.65. The van der Waals surface area contributed by atoms with E-state index in [4.69, 9.17) is 13.9 Å². The SMILES string of the molecule is CCCc1cc(=O)oc2c3c(c4c(c12)OCC(C)=C4)OC(C)CC3=O. The highest BCUT2D eigenvalue weighted by Crippen LogP contribution is 2.47. The summed E-state index contributed by atoms with van der Waals surface area (Å²) in [5.41, 5.74) is 2.90. The minimum Gasteiger partial charge on any atom is -0.489 e. The quantitative estimate of drug-likeness (QED) is 0.776. The second-order valence-corrected chi connectivity index (χ2v) is 6.83. The standard InChI is InChI=1S/C20H20O5/c1-4-5-12-8-15(22)25-20-16(12)18-13(6-10(2)9-23-18)19-17(20)14(21)7-11(3)24-19/h6,8,11H,4-5,7,9H2,1-3H3. The molecule has 0 saturated carbocycles. The Kier molecular flexibility index (Phi) is 3.67. The fraction of sp³-hybridized carbons (Fsp3) is 0.400. The van der Waals surface area contributed by atoms with E-state index in [1.165, 1.54) is 6.07 Å². The van der Waals surface area contributed by atoms with Gasteiger partial charge in [-0.1, -0.05) is 13.3 Å². The van der Waals surface area contributed by atoms with Gasteiger partial charge in [0, 0.05) is 12.5 Å². The van der Waals surface area contributed by atoms with Gasteiger partial charge in [-0.2, -0.15) is 0 Å². The molecule has 2 aliphatic heterocycles. The number of rotatable bonds is 2. The number of hydrogen-bond acceptors (Lipinski definition) is 5. The highest BCUT2D eigenvalue weighted by atomic mass is 16.5. The smallest absolute Gasteiger partial charge is 0.336 e. The van der Waals surface area contributed by atoms with Crippen LogP contribution >= 0.6 is 0 Å². The van der Waals surface area contributed by atoms with Crippen molar-refractivity contribution in [3.05, 3.63) is 38.7 Å². The molecule has 0 N–H and O–H groups in total. The van der Waals surface area contributed by atoms with Crippen molar-refractivity contribution in [2.75, 3.05) is 6.61 Å². The number of fused-ring (bicyclic) bond motifs is 6. The molecule has 0 radical (unpaired) electrons. The lowest BCUT2D eigenvalue weighted by Crippen LogP contribution is -2.26. The molecule has 2 aliphatic rings. The molecule has 2 aromatic rings. The van der Waals surface area contributed by atoms with Crippen LogP contribution in [0.2, 0.25) is 0 Å². The van der Waals surface area contributed by atoms with Gasteiger partial charge in [0.25, 0.3) is 0 Å². The second-order valence-electron chi connectivity index (χ2n) is 6.83. The van der Waals surface area contributed by atoms with Crippen LogP contribution in [0.15, 0.2) is 20.9 Å². The molecule has 0 saturated heterocycles. The molecule has 3 heterocycles. The van der Waals surface area contributed by atoms with Crippen molar-refractivity contribution >= 4 is 22.8 Å². The van der Waals surface area contributed by atoms with Crippen LogP contribution in [0.4, 0.5) is 0 Å². The van der Waals surface area contributed by atoms with Gasteiger partial charge in [-0.15, -0.1) is 0 Å². The Hall–Kier alpha value is -2.56. The predicted molar refractivity (Wildman–Crippen MR) is 94.7 cm³/mol. The summed E-state index contributed by atoms with van der Waals surface area (Å²) in [6, 6.07) is 1.50. The Balaban J connectivity index is 2.19. The molecule has 130 valence electrons. The Morgan fingerprint density at radius 2 is 2.04 bits per heavy atom. The molecule has 0 bridgehead atoms. The van der Waals surface area contributed by atoms with E-state index in [0.717, 1.165) is 28.5 Å². The highest BCUT2D eigenvalue weighted by Gasteiger charge is 2.34. The van der Waals surface area contributed by atoms with Crippen molar-refractivity contribution in [1.29, 1.82) is 0 Å². The number of ketones is 1. The first kappa shape index (κ1) is 15.9. The molecule has 0 amide bonds. The van der Waals surface area contributed by atoms with Gasteiger partial charge in [-0.05, 0) is 37.5 Å². The zero-order valence-corrected chi connectivity index (χ0v) is 14.6. The van der Waals surface area contributed by atoms with Crippen LogP contribution in [0.1, 0.15) is 55.1 Å². The summed E-state index contributed by atoms with van der Waals surface area (Å²) < 4.78 is 17.5. The lowest BCUT2D eigenvalue weighted by Gasteiger charge is -2.28. The Bertz CT molecular complexity index is 980. The first-order valence-electron chi connectivity index (χ1n) is 8.66. The van der Waals surface area contributed by atoms with E-state index in [0.29, 0.717) is 35.7 Å². The number of hydrogen-bond donors (Lipinski definition) is 0. The molecule has 1 unspecified atom stereocenters. The van der Waals surface area contributed by atoms with Crippen LogP contribution < -0.4 is 15.1 Å². The van der Waals surface area contributed by atoms with Gasteiger partial charge in [0.2, 0.25) is 0 Å². The van der Waals surface area contributed by atoms with Crippen molar-refractivity contribution in [2.45, 2.75) is 46.1 Å². The van der Waals surface area contributed by atoms with Crippen molar-refractivity contribution in [1.82, 2.24) is 0 Å². The molecule has 1 aromatic heterocycles. The first-order chi connectivity index (χ1) is 12.0. The van der Waals surface area contributed by atoms with Crippen LogP contribution in [0, 0.1) is 0 Å². The van der Waals surface area contributed by atoms with Crippen LogP contribution in [-0.2, 0) is 6.42 Å². The van der Waals surface area contributed by atoms with Gasteiger partial charge in [-0.25, -0.2) is 4.79 Å². The second kappa shape index (κ2) is 5.76. The van der Waals surface area contributed by atoms with Crippen molar-refractivity contribution in [2.24, 2.45) is 0 Å². The maximum atomic E-state index is 12.8. The average molecular weight is 340 g/mol. The number of benzene rings is 1. The van der Waals surface area contributed by atoms with E-state index in [1.54, 1.807) is 0 Å². The zero-order chi connectivity index (χ0) is 17.7. The number of aryl methyl sites for hydroxylation is 1. The summed E-state index contributed by atoms with van der Waals surface area (Å²) in [5, 5.41) is 0.727. The third-order valence-electron chi connectivity index (χ3n) is 4.64. The number of ether oxygens (including phenoxy) is 2. The molecule has 0 aliphatic carbocycles. The lowest BCUT2D eigenvalue weighted by molar-refractivity contribution is 0.0871. The number of carbonyl (C=O) groups excluding carboxylic acids is 1.